The zero-order valence-corrected chi connectivity index (χ0v) is 16.1. The molecule has 0 radical (unpaired) electrons. The summed E-state index contributed by atoms with van der Waals surface area (Å²) in [5.74, 6) is -0.0846. The minimum absolute atomic E-state index is 0.0746. The number of nitrogens with zero attached hydrogens (tertiary/aromatic N) is 2. The van der Waals surface area contributed by atoms with Gasteiger partial charge in [-0.1, -0.05) is 6.07 Å². The van der Waals surface area contributed by atoms with Gasteiger partial charge in [0.25, 0.3) is 5.91 Å². The number of hydrogen-bond donors (Lipinski definition) is 1. The second-order valence-corrected chi connectivity index (χ2v) is 8.40. The van der Waals surface area contributed by atoms with Crippen LogP contribution in [0.3, 0.4) is 0 Å². The van der Waals surface area contributed by atoms with Gasteiger partial charge in [0.2, 0.25) is 11.8 Å². The van der Waals surface area contributed by atoms with Crippen molar-refractivity contribution in [2.24, 2.45) is 0 Å². The third kappa shape index (κ3) is 2.77. The Morgan fingerprint density at radius 1 is 1.21 bits per heavy atom. The molecule has 0 aliphatic carbocycles. The van der Waals surface area contributed by atoms with Crippen LogP contribution in [-0.2, 0) is 26.3 Å². The maximum atomic E-state index is 13.0. The van der Waals surface area contributed by atoms with Gasteiger partial charge in [-0.25, -0.2) is 0 Å². The predicted octanol–water partition coefficient (Wildman–Crippen LogP) is 0.373. The molecule has 152 valence electrons. The summed E-state index contributed by atoms with van der Waals surface area (Å²) in [7, 11) is 0. The highest BCUT2D eigenvalue weighted by atomic mass is 16.5. The Hall–Kier alpha value is -2.74. The molecule has 1 spiro atoms. The van der Waals surface area contributed by atoms with Gasteiger partial charge in [0.05, 0.1) is 19.7 Å². The first-order valence-corrected chi connectivity index (χ1v) is 10.1. The maximum absolute atomic E-state index is 13.0. The largest absolute Gasteiger partial charge is 0.492 e. The molecule has 2 saturated heterocycles. The molecule has 8 nitrogen and oxygen atoms in total. The lowest BCUT2D eigenvalue weighted by molar-refractivity contribution is -0.136. The number of imide groups is 1. The first-order valence-electron chi connectivity index (χ1n) is 10.1. The summed E-state index contributed by atoms with van der Waals surface area (Å²) in [6, 6.07) is 3.24. The molecule has 0 bridgehead atoms. The minimum Gasteiger partial charge on any atom is -0.492 e. The van der Waals surface area contributed by atoms with E-state index in [9.17, 15) is 19.2 Å². The Morgan fingerprint density at radius 2 is 2.00 bits per heavy atom. The van der Waals surface area contributed by atoms with Crippen molar-refractivity contribution in [1.29, 1.82) is 0 Å². The zero-order chi connectivity index (χ0) is 20.2. The van der Waals surface area contributed by atoms with Crippen LogP contribution in [0.15, 0.2) is 12.1 Å². The van der Waals surface area contributed by atoms with Crippen LogP contribution in [0.5, 0.6) is 5.75 Å². The number of carbonyl (C=O) groups is 4. The number of aldehydes is 1. The number of amides is 3. The number of piperidine rings is 2. The Balaban J connectivity index is 1.41. The van der Waals surface area contributed by atoms with E-state index in [-0.39, 0.29) is 23.7 Å². The molecule has 1 aromatic carbocycles. The summed E-state index contributed by atoms with van der Waals surface area (Å²) in [6.45, 7) is 3.07. The van der Waals surface area contributed by atoms with E-state index >= 15 is 0 Å². The average molecular weight is 397 g/mol. The van der Waals surface area contributed by atoms with Gasteiger partial charge in [0.1, 0.15) is 18.1 Å². The zero-order valence-electron chi connectivity index (χ0n) is 16.1. The van der Waals surface area contributed by atoms with Crippen molar-refractivity contribution in [2.45, 2.75) is 43.7 Å². The Kier molecular flexibility index (Phi) is 4.20. The molecule has 1 unspecified atom stereocenters. The number of fused-ring (bicyclic) bond motifs is 4. The van der Waals surface area contributed by atoms with Gasteiger partial charge in [0.15, 0.2) is 0 Å². The highest BCUT2D eigenvalue weighted by molar-refractivity contribution is 6.05. The highest BCUT2D eigenvalue weighted by Gasteiger charge is 2.47. The molecular weight excluding hydrogens is 374 g/mol. The molecule has 1 aromatic rings. The van der Waals surface area contributed by atoms with Crippen molar-refractivity contribution < 1.29 is 23.9 Å². The van der Waals surface area contributed by atoms with Gasteiger partial charge < -0.3 is 14.4 Å². The van der Waals surface area contributed by atoms with Crippen LogP contribution in [0, 0.1) is 0 Å². The third-order valence-corrected chi connectivity index (χ3v) is 6.88. The summed E-state index contributed by atoms with van der Waals surface area (Å²) in [6.07, 6.45) is 3.36. The van der Waals surface area contributed by atoms with Crippen molar-refractivity contribution in [3.05, 3.63) is 28.8 Å². The number of likely N-dealkylation sites (tertiary alicyclic amines) is 1. The Morgan fingerprint density at radius 3 is 2.72 bits per heavy atom. The molecule has 1 N–H and O–H groups in total. The van der Waals surface area contributed by atoms with Crippen LogP contribution in [0.4, 0.5) is 0 Å². The Labute approximate surface area is 168 Å². The third-order valence-electron chi connectivity index (χ3n) is 6.88. The molecule has 29 heavy (non-hydrogen) atoms. The van der Waals surface area contributed by atoms with Gasteiger partial charge in [-0.2, -0.15) is 0 Å². The van der Waals surface area contributed by atoms with E-state index in [1.54, 1.807) is 4.90 Å². The van der Waals surface area contributed by atoms with E-state index in [4.69, 9.17) is 4.74 Å². The van der Waals surface area contributed by atoms with Gasteiger partial charge in [-0.05, 0) is 38.4 Å². The smallest absolute Gasteiger partial charge is 0.255 e. The lowest BCUT2D eigenvalue weighted by Gasteiger charge is -2.37. The predicted molar refractivity (Wildman–Crippen MR) is 101 cm³/mol. The normalized spacial score (nSPS) is 25.6. The van der Waals surface area contributed by atoms with Crippen LogP contribution < -0.4 is 10.1 Å². The van der Waals surface area contributed by atoms with Crippen molar-refractivity contribution in [3.8, 4) is 5.75 Å². The first kappa shape index (κ1) is 18.3. The maximum Gasteiger partial charge on any atom is 0.255 e. The number of hydrogen-bond acceptors (Lipinski definition) is 6. The highest BCUT2D eigenvalue weighted by Crippen LogP contribution is 2.49. The van der Waals surface area contributed by atoms with E-state index in [1.807, 2.05) is 12.1 Å². The fourth-order valence-corrected chi connectivity index (χ4v) is 5.17. The van der Waals surface area contributed by atoms with Crippen molar-refractivity contribution in [1.82, 2.24) is 15.1 Å². The number of ether oxygens (including phenoxy) is 1. The van der Waals surface area contributed by atoms with Crippen molar-refractivity contribution in [3.63, 3.8) is 0 Å². The molecule has 4 aliphatic rings. The summed E-state index contributed by atoms with van der Waals surface area (Å²) in [5.41, 5.74) is 2.50. The average Bonchev–Trinajstić information content (AvgIpc) is 3.23. The summed E-state index contributed by atoms with van der Waals surface area (Å²) < 4.78 is 6.14. The van der Waals surface area contributed by atoms with E-state index < -0.39 is 11.9 Å². The molecule has 4 aliphatic heterocycles. The van der Waals surface area contributed by atoms with E-state index in [0.717, 1.165) is 49.1 Å². The number of nitrogens with one attached hydrogen (secondary N) is 1. The lowest BCUT2D eigenvalue weighted by Crippen LogP contribution is -2.52. The summed E-state index contributed by atoms with van der Waals surface area (Å²) in [4.78, 5) is 51.2. The van der Waals surface area contributed by atoms with Gasteiger partial charge in [-0.15, -0.1) is 0 Å². The molecule has 1 atom stereocenters. The molecule has 5 rings (SSSR count). The Bertz CT molecular complexity index is 919. The van der Waals surface area contributed by atoms with Crippen LogP contribution in [0.2, 0.25) is 0 Å². The summed E-state index contributed by atoms with van der Waals surface area (Å²) in [5, 5.41) is 2.33. The second kappa shape index (κ2) is 6.66. The summed E-state index contributed by atoms with van der Waals surface area (Å²) >= 11 is 0. The fourth-order valence-electron chi connectivity index (χ4n) is 5.17. The topological polar surface area (TPSA) is 96.0 Å². The van der Waals surface area contributed by atoms with Gasteiger partial charge >= 0.3 is 0 Å². The van der Waals surface area contributed by atoms with Crippen LogP contribution >= 0.6 is 0 Å². The van der Waals surface area contributed by atoms with Crippen LogP contribution in [-0.4, -0.2) is 66.1 Å². The molecule has 0 saturated carbocycles. The first-order chi connectivity index (χ1) is 14.0. The molecular formula is C21H23N3O5. The van der Waals surface area contributed by atoms with Gasteiger partial charge in [-0.3, -0.25) is 24.6 Å². The molecule has 0 aromatic heterocycles. The van der Waals surface area contributed by atoms with Gasteiger partial charge in [0, 0.05) is 28.5 Å². The quantitative estimate of drug-likeness (QED) is 0.585. The number of benzene rings is 1. The minimum atomic E-state index is -0.620. The molecule has 2 fully saturated rings. The van der Waals surface area contributed by atoms with Crippen LogP contribution in [0.25, 0.3) is 0 Å². The van der Waals surface area contributed by atoms with Crippen molar-refractivity contribution in [2.75, 3.05) is 26.2 Å². The number of carbonyl (C=O) groups excluding carboxylic acids is 4. The lowest BCUT2D eigenvalue weighted by atomic mass is 9.74. The van der Waals surface area contributed by atoms with Crippen LogP contribution in [0.1, 0.15) is 47.2 Å². The fraction of sp³-hybridized carbons (Fsp3) is 0.524. The SMILES string of the molecule is O=CCN1CCC2(CC1)COc1c2ccc2c1CN(C1CCC(=O)NC1=O)C2=O. The van der Waals surface area contributed by atoms with E-state index in [2.05, 4.69) is 10.2 Å². The standard InChI is InChI=1S/C21H23N3O5/c25-10-9-23-7-5-21(6-8-23)12-29-18-14-11-24(16-3-4-17(26)22-19(16)27)20(28)13(14)1-2-15(18)21/h1-2,10,16H,3-9,11-12H2,(H,22,26,27). The monoisotopic (exact) mass is 397 g/mol. The molecule has 3 amide bonds. The van der Waals surface area contributed by atoms with E-state index in [0.29, 0.717) is 31.7 Å². The van der Waals surface area contributed by atoms with E-state index in [1.165, 1.54) is 0 Å². The molecule has 4 heterocycles. The number of rotatable bonds is 3. The van der Waals surface area contributed by atoms with Crippen molar-refractivity contribution >= 4 is 24.0 Å². The molecule has 8 heteroatoms. The second-order valence-electron chi connectivity index (χ2n) is 8.40.